The van der Waals surface area contributed by atoms with Crippen LogP contribution in [0, 0.1) is 26.6 Å². The molecule has 0 saturated carbocycles. The maximum atomic E-state index is 15.1. The van der Waals surface area contributed by atoms with Gasteiger partial charge < -0.3 is 19.5 Å². The number of aromatic nitrogens is 5. The lowest BCUT2D eigenvalue weighted by Gasteiger charge is -2.21. The normalized spacial score (nSPS) is 12.8. The molecule has 36 heavy (non-hydrogen) atoms. The van der Waals surface area contributed by atoms with Crippen LogP contribution < -0.4 is 15.0 Å². The number of rotatable bonds is 8. The molecule has 5 rings (SSSR count). The van der Waals surface area contributed by atoms with Gasteiger partial charge in [0.2, 0.25) is 0 Å². The number of anilines is 1. The van der Waals surface area contributed by atoms with E-state index in [-0.39, 0.29) is 11.4 Å². The average Bonchev–Trinajstić information content (AvgIpc) is 3.46. The molecule has 1 N–H and O–H groups in total. The molecule has 0 amide bonds. The molecule has 0 unspecified atom stereocenters. The number of hydrogen-bond donors (Lipinski definition) is 1. The second-order valence-corrected chi connectivity index (χ2v) is 8.80. The van der Waals surface area contributed by atoms with E-state index in [1.54, 1.807) is 24.5 Å². The third-order valence-electron chi connectivity index (χ3n) is 6.25. The van der Waals surface area contributed by atoms with Crippen molar-refractivity contribution in [2.75, 3.05) is 25.1 Å². The zero-order chi connectivity index (χ0) is 25.2. The molecule has 0 aliphatic carbocycles. The molecule has 186 valence electrons. The van der Waals surface area contributed by atoms with Crippen molar-refractivity contribution < 1.29 is 13.7 Å². The molecule has 4 heterocycles. The van der Waals surface area contributed by atoms with E-state index < -0.39 is 5.82 Å². The maximum absolute atomic E-state index is 15.1. The number of nitrogens with zero attached hydrogens (tertiary/aromatic N) is 6. The van der Waals surface area contributed by atoms with Gasteiger partial charge in [-0.05, 0) is 59.0 Å². The molecule has 0 saturated heterocycles. The summed E-state index contributed by atoms with van der Waals surface area (Å²) in [6, 6.07) is 4.67. The van der Waals surface area contributed by atoms with Gasteiger partial charge in [0, 0.05) is 18.0 Å². The fourth-order valence-electron chi connectivity index (χ4n) is 4.43. The fourth-order valence-corrected chi connectivity index (χ4v) is 4.43. The van der Waals surface area contributed by atoms with Crippen LogP contribution in [0.25, 0.3) is 22.6 Å². The van der Waals surface area contributed by atoms with Gasteiger partial charge >= 0.3 is 0 Å². The van der Waals surface area contributed by atoms with Gasteiger partial charge in [-0.2, -0.15) is 0 Å². The van der Waals surface area contributed by atoms with Gasteiger partial charge in [-0.1, -0.05) is 5.16 Å². The lowest BCUT2D eigenvalue weighted by atomic mass is 10.0. The molecule has 0 atom stereocenters. The fraction of sp³-hybridized carbons (Fsp3) is 0.346. The third kappa shape index (κ3) is 4.51. The maximum Gasteiger partial charge on any atom is 0.165 e. The standard InChI is InChI=1S/C26H28FN7O2/c1-15-24(23-16(2)33-36-17(23)3)31-25(19-12-18(6-7-20(19)27)35-11-5-8-28-4)32-26(15)34-13-21-22(14-34)30-10-9-29-21/h6-7,9-10,12,28H,5,8,11,13-14H2,1-4H3. The topological polar surface area (TPSA) is 102 Å². The molecular weight excluding hydrogens is 461 g/mol. The summed E-state index contributed by atoms with van der Waals surface area (Å²) in [7, 11) is 1.89. The number of benzene rings is 1. The van der Waals surface area contributed by atoms with Gasteiger partial charge in [0.15, 0.2) is 5.82 Å². The van der Waals surface area contributed by atoms with E-state index >= 15 is 4.39 Å². The number of hydrogen-bond acceptors (Lipinski definition) is 9. The van der Waals surface area contributed by atoms with Gasteiger partial charge in [-0.15, -0.1) is 0 Å². The summed E-state index contributed by atoms with van der Waals surface area (Å²) in [4.78, 5) is 20.7. The van der Waals surface area contributed by atoms with E-state index in [9.17, 15) is 0 Å². The van der Waals surface area contributed by atoms with E-state index in [1.165, 1.54) is 6.07 Å². The molecule has 0 bridgehead atoms. The van der Waals surface area contributed by atoms with Crippen molar-refractivity contribution in [3.8, 4) is 28.4 Å². The van der Waals surface area contributed by atoms with Crippen LogP contribution in [0.4, 0.5) is 10.2 Å². The molecule has 0 spiro atoms. The Labute approximate surface area is 208 Å². The van der Waals surface area contributed by atoms with E-state index in [1.807, 2.05) is 27.8 Å². The van der Waals surface area contributed by atoms with E-state index in [0.29, 0.717) is 48.4 Å². The molecule has 1 aliphatic rings. The molecule has 0 fully saturated rings. The van der Waals surface area contributed by atoms with Gasteiger partial charge in [0.05, 0.1) is 53.6 Å². The van der Waals surface area contributed by atoms with Crippen molar-refractivity contribution in [1.82, 2.24) is 30.4 Å². The van der Waals surface area contributed by atoms with E-state index in [0.717, 1.165) is 35.5 Å². The first-order valence-corrected chi connectivity index (χ1v) is 11.9. The van der Waals surface area contributed by atoms with Crippen LogP contribution >= 0.6 is 0 Å². The van der Waals surface area contributed by atoms with Crippen LogP contribution in [0.3, 0.4) is 0 Å². The first-order valence-electron chi connectivity index (χ1n) is 11.9. The highest BCUT2D eigenvalue weighted by atomic mass is 19.1. The largest absolute Gasteiger partial charge is 0.494 e. The van der Waals surface area contributed by atoms with Gasteiger partial charge in [-0.25, -0.2) is 14.4 Å². The molecule has 1 aromatic carbocycles. The number of aryl methyl sites for hydroxylation is 2. The second kappa shape index (κ2) is 9.98. The zero-order valence-corrected chi connectivity index (χ0v) is 20.8. The third-order valence-corrected chi connectivity index (χ3v) is 6.25. The summed E-state index contributed by atoms with van der Waals surface area (Å²) in [5.41, 5.74) is 5.07. The van der Waals surface area contributed by atoms with Crippen LogP contribution in [-0.2, 0) is 13.1 Å². The Kier molecular flexibility index (Phi) is 6.60. The van der Waals surface area contributed by atoms with Gasteiger partial charge in [0.25, 0.3) is 0 Å². The Morgan fingerprint density at radius 3 is 2.50 bits per heavy atom. The van der Waals surface area contributed by atoms with Crippen LogP contribution in [0.1, 0.15) is 34.8 Å². The van der Waals surface area contributed by atoms with Crippen molar-refractivity contribution in [3.63, 3.8) is 0 Å². The molecule has 1 aliphatic heterocycles. The summed E-state index contributed by atoms with van der Waals surface area (Å²) >= 11 is 0. The summed E-state index contributed by atoms with van der Waals surface area (Å²) < 4.78 is 26.4. The Morgan fingerprint density at radius 2 is 1.83 bits per heavy atom. The molecule has 3 aromatic heterocycles. The first-order chi connectivity index (χ1) is 17.5. The number of ether oxygens (including phenoxy) is 1. The second-order valence-electron chi connectivity index (χ2n) is 8.80. The van der Waals surface area contributed by atoms with Crippen molar-refractivity contribution in [1.29, 1.82) is 0 Å². The Bertz CT molecular complexity index is 1360. The number of halogens is 1. The Hall–Kier alpha value is -3.92. The SMILES string of the molecule is CNCCCOc1ccc(F)c(-c2nc(-c3c(C)noc3C)c(C)c(N3Cc4nccnc4C3)n2)c1. The molecule has 4 aromatic rings. The molecule has 9 nitrogen and oxygen atoms in total. The van der Waals surface area contributed by atoms with Crippen molar-refractivity contribution >= 4 is 5.82 Å². The lowest BCUT2D eigenvalue weighted by Crippen LogP contribution is -2.19. The summed E-state index contributed by atoms with van der Waals surface area (Å²) in [5, 5.41) is 7.20. The zero-order valence-electron chi connectivity index (χ0n) is 20.8. The van der Waals surface area contributed by atoms with Crippen molar-refractivity contribution in [2.24, 2.45) is 0 Å². The van der Waals surface area contributed by atoms with Crippen molar-refractivity contribution in [2.45, 2.75) is 40.3 Å². The van der Waals surface area contributed by atoms with Crippen LogP contribution in [0.2, 0.25) is 0 Å². The summed E-state index contributed by atoms with van der Waals surface area (Å²) in [6.45, 7) is 8.13. The number of fused-ring (bicyclic) bond motifs is 1. The minimum atomic E-state index is -0.426. The number of nitrogens with one attached hydrogen (secondary N) is 1. The average molecular weight is 490 g/mol. The van der Waals surface area contributed by atoms with Gasteiger partial charge in [0.1, 0.15) is 23.1 Å². The summed E-state index contributed by atoms with van der Waals surface area (Å²) in [6.07, 6.45) is 4.21. The monoisotopic (exact) mass is 489 g/mol. The highest BCUT2D eigenvalue weighted by molar-refractivity contribution is 5.75. The quantitative estimate of drug-likeness (QED) is 0.366. The van der Waals surface area contributed by atoms with Crippen LogP contribution in [0.5, 0.6) is 5.75 Å². The highest BCUT2D eigenvalue weighted by Gasteiger charge is 2.28. The smallest absolute Gasteiger partial charge is 0.165 e. The Morgan fingerprint density at radius 1 is 1.08 bits per heavy atom. The van der Waals surface area contributed by atoms with Crippen LogP contribution in [-0.4, -0.2) is 45.3 Å². The predicted molar refractivity (Wildman–Crippen MR) is 133 cm³/mol. The van der Waals surface area contributed by atoms with Crippen molar-refractivity contribution in [3.05, 3.63) is 64.8 Å². The van der Waals surface area contributed by atoms with E-state index in [4.69, 9.17) is 19.2 Å². The van der Waals surface area contributed by atoms with Crippen LogP contribution in [0.15, 0.2) is 35.1 Å². The lowest BCUT2D eigenvalue weighted by molar-refractivity contribution is 0.309. The molecule has 0 radical (unpaired) electrons. The predicted octanol–water partition coefficient (Wildman–Crippen LogP) is 4.16. The summed E-state index contributed by atoms with van der Waals surface area (Å²) in [5.74, 6) is 1.73. The highest BCUT2D eigenvalue weighted by Crippen LogP contribution is 2.37. The molecule has 10 heteroatoms. The first kappa shape index (κ1) is 23.8. The molecular formula is C26H28FN7O2. The minimum absolute atomic E-state index is 0.264. The minimum Gasteiger partial charge on any atom is -0.494 e. The van der Waals surface area contributed by atoms with Gasteiger partial charge in [-0.3, -0.25) is 9.97 Å². The Balaban J connectivity index is 1.61. The van der Waals surface area contributed by atoms with E-state index in [2.05, 4.69) is 25.3 Å².